The number of hydrogen-bond donors (Lipinski definition) is 2. The van der Waals surface area contributed by atoms with E-state index in [2.05, 4.69) is 15.4 Å². The van der Waals surface area contributed by atoms with Gasteiger partial charge in [0.15, 0.2) is 0 Å². The third-order valence-corrected chi connectivity index (χ3v) is 5.46. The van der Waals surface area contributed by atoms with Crippen LogP contribution in [0.3, 0.4) is 0 Å². The zero-order valence-corrected chi connectivity index (χ0v) is 16.1. The average Bonchev–Trinajstić information content (AvgIpc) is 2.66. The summed E-state index contributed by atoms with van der Waals surface area (Å²) in [5.41, 5.74) is 0. The van der Waals surface area contributed by atoms with Crippen molar-refractivity contribution < 1.29 is 19.1 Å². The molecule has 2 aliphatic heterocycles. The molecule has 2 N–H and O–H groups in total. The maximum absolute atomic E-state index is 12.5. The third-order valence-electron chi connectivity index (χ3n) is 5.46. The summed E-state index contributed by atoms with van der Waals surface area (Å²) in [4.78, 5) is 38.1. The molecule has 0 radical (unpaired) electrons. The second kappa shape index (κ2) is 10.5. The van der Waals surface area contributed by atoms with Crippen molar-refractivity contribution in [2.24, 2.45) is 11.8 Å². The minimum absolute atomic E-state index is 0.0720. The van der Waals surface area contributed by atoms with Gasteiger partial charge < -0.3 is 20.3 Å². The second-order valence-corrected chi connectivity index (χ2v) is 7.60. The molecule has 0 unspecified atom stereocenters. The fourth-order valence-electron chi connectivity index (χ4n) is 3.82. The average molecular weight is 367 g/mol. The maximum Gasteiger partial charge on any atom is 0.307 e. The molecule has 0 saturated carbocycles. The highest BCUT2D eigenvalue weighted by Crippen LogP contribution is 2.21. The van der Waals surface area contributed by atoms with Gasteiger partial charge in [-0.25, -0.2) is 0 Å². The lowest BCUT2D eigenvalue weighted by atomic mass is 9.92. The molecule has 2 atom stereocenters. The Bertz CT molecular complexity index is 491. The number of ether oxygens (including phenoxy) is 1. The number of nitrogens with zero attached hydrogens (tertiary/aromatic N) is 1. The number of hydrogen-bond acceptors (Lipinski definition) is 5. The van der Waals surface area contributed by atoms with E-state index in [1.54, 1.807) is 6.92 Å². The minimum Gasteiger partial charge on any atom is -0.469 e. The Kier molecular flexibility index (Phi) is 8.35. The van der Waals surface area contributed by atoms with Gasteiger partial charge in [0.25, 0.3) is 0 Å². The summed E-state index contributed by atoms with van der Waals surface area (Å²) in [6, 6.07) is -0.263. The molecule has 2 rings (SSSR count). The third kappa shape index (κ3) is 6.59. The van der Waals surface area contributed by atoms with Crippen LogP contribution in [-0.2, 0) is 19.1 Å². The van der Waals surface area contributed by atoms with E-state index in [1.165, 1.54) is 7.11 Å². The summed E-state index contributed by atoms with van der Waals surface area (Å²) in [5.74, 6) is 0.215. The molecule has 7 heteroatoms. The van der Waals surface area contributed by atoms with E-state index in [9.17, 15) is 14.4 Å². The topological polar surface area (TPSA) is 87.7 Å². The van der Waals surface area contributed by atoms with Gasteiger partial charge in [0.05, 0.1) is 19.4 Å². The van der Waals surface area contributed by atoms with Crippen LogP contribution in [0, 0.1) is 11.8 Å². The van der Waals surface area contributed by atoms with Crippen molar-refractivity contribution >= 4 is 17.8 Å². The molecule has 26 heavy (non-hydrogen) atoms. The summed E-state index contributed by atoms with van der Waals surface area (Å²) in [7, 11) is 1.34. The number of nitrogens with one attached hydrogen (secondary N) is 2. The smallest absolute Gasteiger partial charge is 0.307 e. The minimum atomic E-state index is -0.337. The highest BCUT2D eigenvalue weighted by Gasteiger charge is 2.29. The van der Waals surface area contributed by atoms with Crippen molar-refractivity contribution in [3.8, 4) is 0 Å². The Morgan fingerprint density at radius 1 is 1.23 bits per heavy atom. The molecule has 2 fully saturated rings. The summed E-state index contributed by atoms with van der Waals surface area (Å²) in [6.45, 7) is 5.12. The number of methoxy groups -OCH3 is 1. The standard InChI is InChI=1S/C19H33N3O4/c1-14(12-18(24)26-2)21-19(25)16-4-3-11-22(13-16)17(23)6-5-15-7-9-20-10-8-15/h14-16,20H,3-13H2,1-2H3,(H,21,25)/t14-,16-/m1/s1. The summed E-state index contributed by atoms with van der Waals surface area (Å²) in [6.07, 6.45) is 5.62. The van der Waals surface area contributed by atoms with Gasteiger partial charge in [0.1, 0.15) is 0 Å². The first-order valence-electron chi connectivity index (χ1n) is 9.85. The molecule has 0 aromatic heterocycles. The molecule has 0 aromatic rings. The molecular formula is C19H33N3O4. The van der Waals surface area contributed by atoms with Crippen LogP contribution in [0.25, 0.3) is 0 Å². The number of carbonyl (C=O) groups is 3. The van der Waals surface area contributed by atoms with Crippen molar-refractivity contribution in [3.63, 3.8) is 0 Å². The first kappa shape index (κ1) is 20.7. The van der Waals surface area contributed by atoms with Gasteiger partial charge >= 0.3 is 5.97 Å². The zero-order valence-electron chi connectivity index (χ0n) is 16.1. The van der Waals surface area contributed by atoms with E-state index in [-0.39, 0.29) is 36.2 Å². The molecule has 2 saturated heterocycles. The number of rotatable bonds is 7. The molecule has 0 aromatic carbocycles. The summed E-state index contributed by atoms with van der Waals surface area (Å²) >= 11 is 0. The van der Waals surface area contributed by atoms with Crippen molar-refractivity contribution in [3.05, 3.63) is 0 Å². The summed E-state index contributed by atoms with van der Waals surface area (Å²) < 4.78 is 4.63. The molecule has 0 aliphatic carbocycles. The Morgan fingerprint density at radius 3 is 2.65 bits per heavy atom. The van der Waals surface area contributed by atoms with Crippen LogP contribution in [0.15, 0.2) is 0 Å². The monoisotopic (exact) mass is 367 g/mol. The van der Waals surface area contributed by atoms with Crippen LogP contribution >= 0.6 is 0 Å². The van der Waals surface area contributed by atoms with E-state index >= 15 is 0 Å². The molecule has 0 bridgehead atoms. The zero-order chi connectivity index (χ0) is 18.9. The van der Waals surface area contributed by atoms with E-state index in [0.29, 0.717) is 18.9 Å². The quantitative estimate of drug-likeness (QED) is 0.657. The van der Waals surface area contributed by atoms with Gasteiger partial charge in [-0.05, 0) is 58.0 Å². The molecule has 2 aliphatic rings. The summed E-state index contributed by atoms with van der Waals surface area (Å²) in [5, 5.41) is 6.22. The Balaban J connectivity index is 1.75. The first-order valence-corrected chi connectivity index (χ1v) is 9.85. The van der Waals surface area contributed by atoms with Gasteiger partial charge in [0, 0.05) is 25.6 Å². The lowest BCUT2D eigenvalue weighted by Crippen LogP contribution is -2.47. The van der Waals surface area contributed by atoms with E-state index < -0.39 is 0 Å². The van der Waals surface area contributed by atoms with E-state index in [0.717, 1.165) is 51.7 Å². The fourth-order valence-corrected chi connectivity index (χ4v) is 3.82. The Labute approximate surface area is 156 Å². The predicted molar refractivity (Wildman–Crippen MR) is 98.4 cm³/mol. The van der Waals surface area contributed by atoms with E-state index in [1.807, 2.05) is 4.90 Å². The van der Waals surface area contributed by atoms with E-state index in [4.69, 9.17) is 0 Å². The van der Waals surface area contributed by atoms with Crippen LogP contribution in [0.2, 0.25) is 0 Å². The Hall–Kier alpha value is -1.63. The van der Waals surface area contributed by atoms with Gasteiger partial charge in [-0.1, -0.05) is 0 Å². The van der Waals surface area contributed by atoms with Gasteiger partial charge in [-0.15, -0.1) is 0 Å². The normalized spacial score (nSPS) is 22.5. The second-order valence-electron chi connectivity index (χ2n) is 7.60. The number of esters is 1. The van der Waals surface area contributed by atoms with Crippen LogP contribution in [-0.4, -0.2) is 62.0 Å². The highest BCUT2D eigenvalue weighted by molar-refractivity contribution is 5.82. The van der Waals surface area contributed by atoms with Crippen LogP contribution in [0.4, 0.5) is 0 Å². The van der Waals surface area contributed by atoms with Gasteiger partial charge in [-0.2, -0.15) is 0 Å². The highest BCUT2D eigenvalue weighted by atomic mass is 16.5. The molecule has 0 spiro atoms. The molecular weight excluding hydrogens is 334 g/mol. The Morgan fingerprint density at radius 2 is 1.96 bits per heavy atom. The van der Waals surface area contributed by atoms with Crippen LogP contribution in [0.1, 0.15) is 51.9 Å². The largest absolute Gasteiger partial charge is 0.469 e. The maximum atomic E-state index is 12.5. The number of piperidine rings is 2. The lowest BCUT2D eigenvalue weighted by molar-refractivity contribution is -0.141. The molecule has 2 amide bonds. The van der Waals surface area contributed by atoms with Crippen molar-refractivity contribution in [1.82, 2.24) is 15.5 Å². The molecule has 7 nitrogen and oxygen atoms in total. The fraction of sp³-hybridized carbons (Fsp3) is 0.842. The van der Waals surface area contributed by atoms with Crippen molar-refractivity contribution in [2.75, 3.05) is 33.3 Å². The van der Waals surface area contributed by atoms with Crippen LogP contribution in [0.5, 0.6) is 0 Å². The molecule has 2 heterocycles. The number of amides is 2. The predicted octanol–water partition coefficient (Wildman–Crippen LogP) is 1.07. The first-order chi connectivity index (χ1) is 12.5. The van der Waals surface area contributed by atoms with Gasteiger partial charge in [0.2, 0.25) is 11.8 Å². The van der Waals surface area contributed by atoms with Crippen molar-refractivity contribution in [1.29, 1.82) is 0 Å². The number of carbonyl (C=O) groups excluding carboxylic acids is 3. The van der Waals surface area contributed by atoms with Crippen LogP contribution < -0.4 is 10.6 Å². The van der Waals surface area contributed by atoms with Gasteiger partial charge in [-0.3, -0.25) is 14.4 Å². The van der Waals surface area contributed by atoms with Crippen molar-refractivity contribution in [2.45, 2.75) is 57.9 Å². The lowest BCUT2D eigenvalue weighted by Gasteiger charge is -2.33. The number of likely N-dealkylation sites (tertiary alicyclic amines) is 1. The molecule has 148 valence electrons. The SMILES string of the molecule is COC(=O)C[C@@H](C)NC(=O)[C@@H]1CCCN(C(=O)CCC2CCNCC2)C1.